The molecule has 0 spiro atoms. The van der Waals surface area contributed by atoms with Crippen molar-refractivity contribution in [2.45, 2.75) is 13.0 Å². The molecule has 0 atom stereocenters. The van der Waals surface area contributed by atoms with E-state index in [0.29, 0.717) is 17.2 Å². The molecule has 1 N–H and O–H groups in total. The van der Waals surface area contributed by atoms with Crippen LogP contribution in [0, 0.1) is 12.7 Å². The van der Waals surface area contributed by atoms with Crippen LogP contribution in [0.1, 0.15) is 15.9 Å². The molecule has 1 amide bonds. The Labute approximate surface area is 118 Å². The Morgan fingerprint density at radius 1 is 1.30 bits per heavy atom. The summed E-state index contributed by atoms with van der Waals surface area (Å²) in [4.78, 5) is 16.5. The molecule has 2 heterocycles. The smallest absolute Gasteiger partial charge is 0.254 e. The second-order valence-electron chi connectivity index (χ2n) is 5.61. The molecule has 0 aromatic heterocycles. The lowest BCUT2D eigenvalue weighted by atomic mass is 10.0. The lowest BCUT2D eigenvalue weighted by molar-refractivity contribution is 0.0227. The van der Waals surface area contributed by atoms with E-state index in [-0.39, 0.29) is 11.7 Å². The van der Waals surface area contributed by atoms with E-state index in [1.54, 1.807) is 24.0 Å². The van der Waals surface area contributed by atoms with Crippen LogP contribution in [0.4, 0.5) is 4.39 Å². The number of aryl methyl sites for hydroxylation is 1. The van der Waals surface area contributed by atoms with Gasteiger partial charge in [-0.1, -0.05) is 6.07 Å². The molecule has 0 radical (unpaired) electrons. The summed E-state index contributed by atoms with van der Waals surface area (Å²) in [5.41, 5.74) is 1.02. The van der Waals surface area contributed by atoms with Gasteiger partial charge in [-0.05, 0) is 24.6 Å². The van der Waals surface area contributed by atoms with Gasteiger partial charge in [-0.2, -0.15) is 0 Å². The molecule has 5 heteroatoms. The molecule has 1 aromatic rings. The summed E-state index contributed by atoms with van der Waals surface area (Å²) in [5, 5.41) is 3.33. The number of carbonyl (C=O) groups excluding carboxylic acids is 1. The van der Waals surface area contributed by atoms with Crippen molar-refractivity contribution in [3.63, 3.8) is 0 Å². The molecular weight excluding hydrogens is 257 g/mol. The monoisotopic (exact) mass is 277 g/mol. The SMILES string of the molecule is Cc1ccc(C(=O)N2CC(N3CCNCC3)C2)cc1F. The maximum atomic E-state index is 13.5. The van der Waals surface area contributed by atoms with Gasteiger partial charge in [-0.15, -0.1) is 0 Å². The summed E-state index contributed by atoms with van der Waals surface area (Å²) in [7, 11) is 0. The van der Waals surface area contributed by atoms with Crippen molar-refractivity contribution in [1.29, 1.82) is 0 Å². The highest BCUT2D eigenvalue weighted by Crippen LogP contribution is 2.19. The minimum absolute atomic E-state index is 0.0599. The average Bonchev–Trinajstić information content (AvgIpc) is 2.41. The summed E-state index contributed by atoms with van der Waals surface area (Å²) in [6, 6.07) is 5.18. The molecular formula is C15H20FN3O. The van der Waals surface area contributed by atoms with E-state index in [4.69, 9.17) is 0 Å². The first-order chi connectivity index (χ1) is 9.65. The minimum Gasteiger partial charge on any atom is -0.335 e. The molecule has 2 aliphatic heterocycles. The number of halogens is 1. The van der Waals surface area contributed by atoms with Gasteiger partial charge in [0.05, 0.1) is 0 Å². The van der Waals surface area contributed by atoms with Gasteiger partial charge in [-0.25, -0.2) is 4.39 Å². The molecule has 20 heavy (non-hydrogen) atoms. The Balaban J connectivity index is 1.58. The second-order valence-corrected chi connectivity index (χ2v) is 5.61. The number of rotatable bonds is 2. The Bertz CT molecular complexity index is 508. The predicted molar refractivity (Wildman–Crippen MR) is 75.3 cm³/mol. The van der Waals surface area contributed by atoms with Crippen LogP contribution in [-0.2, 0) is 0 Å². The summed E-state index contributed by atoms with van der Waals surface area (Å²) < 4.78 is 13.5. The zero-order valence-electron chi connectivity index (χ0n) is 11.7. The Hall–Kier alpha value is -1.46. The lowest BCUT2D eigenvalue weighted by Gasteiger charge is -2.46. The van der Waals surface area contributed by atoms with Crippen LogP contribution in [0.15, 0.2) is 18.2 Å². The van der Waals surface area contributed by atoms with Crippen LogP contribution >= 0.6 is 0 Å². The Morgan fingerprint density at radius 2 is 2.00 bits per heavy atom. The van der Waals surface area contributed by atoms with E-state index >= 15 is 0 Å². The van der Waals surface area contributed by atoms with Crippen molar-refractivity contribution in [2.24, 2.45) is 0 Å². The highest BCUT2D eigenvalue weighted by Gasteiger charge is 2.35. The molecule has 1 aromatic carbocycles. The fourth-order valence-corrected chi connectivity index (χ4v) is 2.81. The quantitative estimate of drug-likeness (QED) is 0.871. The predicted octanol–water partition coefficient (Wildman–Crippen LogP) is 0.864. The van der Waals surface area contributed by atoms with Crippen molar-refractivity contribution in [1.82, 2.24) is 15.1 Å². The van der Waals surface area contributed by atoms with Crippen LogP contribution in [0.2, 0.25) is 0 Å². The zero-order valence-corrected chi connectivity index (χ0v) is 11.7. The first-order valence-electron chi connectivity index (χ1n) is 7.15. The van der Waals surface area contributed by atoms with E-state index in [1.165, 1.54) is 6.07 Å². The normalized spacial score (nSPS) is 20.8. The molecule has 108 valence electrons. The molecule has 2 saturated heterocycles. The molecule has 2 aliphatic rings. The largest absolute Gasteiger partial charge is 0.335 e. The van der Waals surface area contributed by atoms with Crippen LogP contribution in [0.5, 0.6) is 0 Å². The number of nitrogens with one attached hydrogen (secondary N) is 1. The van der Waals surface area contributed by atoms with Crippen molar-refractivity contribution in [3.8, 4) is 0 Å². The first kappa shape index (κ1) is 13.5. The zero-order chi connectivity index (χ0) is 14.1. The number of nitrogens with zero attached hydrogens (tertiary/aromatic N) is 2. The van der Waals surface area contributed by atoms with Gasteiger partial charge in [0.25, 0.3) is 5.91 Å². The van der Waals surface area contributed by atoms with E-state index in [2.05, 4.69) is 10.2 Å². The van der Waals surface area contributed by atoms with Crippen LogP contribution in [0.3, 0.4) is 0 Å². The molecule has 0 unspecified atom stereocenters. The Morgan fingerprint density at radius 3 is 2.65 bits per heavy atom. The third-order valence-corrected chi connectivity index (χ3v) is 4.24. The second kappa shape index (κ2) is 5.50. The molecule has 2 fully saturated rings. The highest BCUT2D eigenvalue weighted by atomic mass is 19.1. The number of benzene rings is 1. The number of piperazine rings is 1. The maximum Gasteiger partial charge on any atom is 0.254 e. The van der Waals surface area contributed by atoms with Crippen molar-refractivity contribution < 1.29 is 9.18 Å². The van der Waals surface area contributed by atoms with Gasteiger partial charge in [0.15, 0.2) is 0 Å². The summed E-state index contributed by atoms with van der Waals surface area (Å²) >= 11 is 0. The average molecular weight is 277 g/mol. The number of likely N-dealkylation sites (tertiary alicyclic amines) is 1. The van der Waals surface area contributed by atoms with E-state index < -0.39 is 0 Å². The third kappa shape index (κ3) is 2.55. The number of hydrogen-bond donors (Lipinski definition) is 1. The molecule has 4 nitrogen and oxygen atoms in total. The highest BCUT2D eigenvalue weighted by molar-refractivity contribution is 5.94. The topological polar surface area (TPSA) is 35.6 Å². The Kier molecular flexibility index (Phi) is 3.72. The van der Waals surface area contributed by atoms with Crippen molar-refractivity contribution in [3.05, 3.63) is 35.1 Å². The minimum atomic E-state index is -0.310. The third-order valence-electron chi connectivity index (χ3n) is 4.24. The van der Waals surface area contributed by atoms with Gasteiger partial charge in [0.1, 0.15) is 5.82 Å². The number of carbonyl (C=O) groups is 1. The van der Waals surface area contributed by atoms with Gasteiger partial charge in [0, 0.05) is 50.9 Å². The van der Waals surface area contributed by atoms with Crippen LogP contribution in [-0.4, -0.2) is 61.0 Å². The van der Waals surface area contributed by atoms with E-state index in [9.17, 15) is 9.18 Å². The van der Waals surface area contributed by atoms with Gasteiger partial charge in [-0.3, -0.25) is 9.69 Å². The first-order valence-corrected chi connectivity index (χ1v) is 7.15. The molecule has 0 bridgehead atoms. The van der Waals surface area contributed by atoms with Crippen LogP contribution in [0.25, 0.3) is 0 Å². The van der Waals surface area contributed by atoms with Crippen LogP contribution < -0.4 is 5.32 Å². The van der Waals surface area contributed by atoms with E-state index in [1.807, 2.05) is 0 Å². The van der Waals surface area contributed by atoms with Crippen molar-refractivity contribution >= 4 is 5.91 Å². The molecule has 3 rings (SSSR count). The van der Waals surface area contributed by atoms with Crippen molar-refractivity contribution in [2.75, 3.05) is 39.3 Å². The van der Waals surface area contributed by atoms with E-state index in [0.717, 1.165) is 39.3 Å². The summed E-state index contributed by atoms with van der Waals surface area (Å²) in [5.74, 6) is -0.370. The summed E-state index contributed by atoms with van der Waals surface area (Å²) in [6.45, 7) is 7.36. The fraction of sp³-hybridized carbons (Fsp3) is 0.533. The summed E-state index contributed by atoms with van der Waals surface area (Å²) in [6.07, 6.45) is 0. The lowest BCUT2D eigenvalue weighted by Crippen LogP contribution is -2.63. The maximum absolute atomic E-state index is 13.5. The molecule has 0 saturated carbocycles. The number of amides is 1. The molecule has 0 aliphatic carbocycles. The van der Waals surface area contributed by atoms with Gasteiger partial charge >= 0.3 is 0 Å². The van der Waals surface area contributed by atoms with Gasteiger partial charge < -0.3 is 10.2 Å². The fourth-order valence-electron chi connectivity index (χ4n) is 2.81. The van der Waals surface area contributed by atoms with Gasteiger partial charge in [0.2, 0.25) is 0 Å². The number of hydrogen-bond acceptors (Lipinski definition) is 3. The standard InChI is InChI=1S/C15H20FN3O/c1-11-2-3-12(8-14(11)16)15(20)19-9-13(10-19)18-6-4-17-5-7-18/h2-3,8,13,17H,4-7,9-10H2,1H3.